The Morgan fingerprint density at radius 3 is 1.40 bits per heavy atom. The van der Waals surface area contributed by atoms with Crippen LogP contribution in [-0.4, -0.2) is 0 Å². The van der Waals surface area contributed by atoms with E-state index in [2.05, 4.69) is 209 Å². The van der Waals surface area contributed by atoms with Crippen molar-refractivity contribution in [1.82, 2.24) is 0 Å². The molecule has 294 valence electrons. The molecule has 0 N–H and O–H groups in total. The highest BCUT2D eigenvalue weighted by Crippen LogP contribution is 2.56. The van der Waals surface area contributed by atoms with Crippen LogP contribution in [0.4, 0.5) is 17.1 Å². The van der Waals surface area contributed by atoms with E-state index < -0.39 is 0 Å². The van der Waals surface area contributed by atoms with Crippen molar-refractivity contribution in [2.45, 2.75) is 71.6 Å². The molecule has 1 aliphatic rings. The number of anilines is 3. The molecule has 0 radical (unpaired) electrons. The average Bonchev–Trinajstić information content (AvgIpc) is 3.56. The second-order valence-electron chi connectivity index (χ2n) is 17.2. The number of aryl methyl sites for hydroxylation is 2. The van der Waals surface area contributed by atoms with E-state index in [4.69, 9.17) is 0 Å². The molecular formula is C59H53N. The number of fused-ring (bicyclic) bond motifs is 6. The first kappa shape index (κ1) is 37.8. The molecule has 0 saturated carbocycles. The molecule has 0 saturated heterocycles. The fraction of sp³-hybridized carbons (Fsp3) is 0.186. The van der Waals surface area contributed by atoms with Crippen LogP contribution in [0.25, 0.3) is 65.7 Å². The second kappa shape index (κ2) is 15.6. The number of rotatable bonds is 11. The van der Waals surface area contributed by atoms with E-state index >= 15 is 0 Å². The number of hydrogen-bond acceptors (Lipinski definition) is 1. The number of benzene rings is 9. The smallest absolute Gasteiger partial charge is 0.0462 e. The predicted octanol–water partition coefficient (Wildman–Crippen LogP) is 17.2. The molecule has 0 fully saturated rings. The Morgan fingerprint density at radius 1 is 0.400 bits per heavy atom. The minimum absolute atomic E-state index is 0.0268. The van der Waals surface area contributed by atoms with E-state index in [1.165, 1.54) is 126 Å². The van der Waals surface area contributed by atoms with Crippen molar-refractivity contribution in [2.24, 2.45) is 0 Å². The molecule has 0 heterocycles. The maximum atomic E-state index is 2.61. The van der Waals surface area contributed by atoms with Crippen LogP contribution < -0.4 is 4.90 Å². The minimum Gasteiger partial charge on any atom is -0.311 e. The molecule has 0 spiro atoms. The predicted molar refractivity (Wildman–Crippen MR) is 259 cm³/mol. The molecule has 1 nitrogen and oxygen atoms in total. The van der Waals surface area contributed by atoms with Gasteiger partial charge in [0.1, 0.15) is 0 Å². The average molecular weight is 776 g/mol. The zero-order valence-electron chi connectivity index (χ0n) is 35.4. The van der Waals surface area contributed by atoms with Gasteiger partial charge in [0.05, 0.1) is 0 Å². The van der Waals surface area contributed by atoms with Crippen LogP contribution >= 0.6 is 0 Å². The second-order valence-corrected chi connectivity index (χ2v) is 17.2. The molecule has 10 rings (SSSR count). The van der Waals surface area contributed by atoms with Gasteiger partial charge >= 0.3 is 0 Å². The van der Waals surface area contributed by atoms with Gasteiger partial charge in [-0.1, -0.05) is 172 Å². The molecule has 9 aromatic rings. The van der Waals surface area contributed by atoms with E-state index in [0.717, 1.165) is 17.1 Å². The summed E-state index contributed by atoms with van der Waals surface area (Å²) in [6, 6.07) is 66.7. The van der Waals surface area contributed by atoms with Crippen LogP contribution in [0.1, 0.15) is 74.6 Å². The Morgan fingerprint density at radius 2 is 0.850 bits per heavy atom. The molecule has 0 aliphatic heterocycles. The van der Waals surface area contributed by atoms with Crippen LogP contribution in [0.5, 0.6) is 0 Å². The van der Waals surface area contributed by atoms with Gasteiger partial charge < -0.3 is 4.90 Å². The third-order valence-electron chi connectivity index (χ3n) is 13.4. The van der Waals surface area contributed by atoms with Gasteiger partial charge in [-0.15, -0.1) is 0 Å². The molecular weight excluding hydrogens is 723 g/mol. The summed E-state index contributed by atoms with van der Waals surface area (Å²) in [5.74, 6) is 0. The number of unbranched alkanes of at least 4 members (excludes halogenated alkanes) is 2. The van der Waals surface area contributed by atoms with Crippen LogP contribution in [0.3, 0.4) is 0 Å². The van der Waals surface area contributed by atoms with Gasteiger partial charge in [-0.25, -0.2) is 0 Å². The Labute approximate surface area is 356 Å². The minimum atomic E-state index is 0.0268. The summed E-state index contributed by atoms with van der Waals surface area (Å²) in [5.41, 5.74) is 17.0. The zero-order chi connectivity index (χ0) is 40.8. The van der Waals surface area contributed by atoms with Crippen LogP contribution in [0, 0.1) is 13.8 Å². The monoisotopic (exact) mass is 775 g/mol. The normalized spacial score (nSPS) is 12.9. The first-order valence-electron chi connectivity index (χ1n) is 22.1. The van der Waals surface area contributed by atoms with Crippen molar-refractivity contribution in [2.75, 3.05) is 4.90 Å². The fourth-order valence-corrected chi connectivity index (χ4v) is 10.3. The summed E-state index contributed by atoms with van der Waals surface area (Å²) in [7, 11) is 0. The zero-order valence-corrected chi connectivity index (χ0v) is 35.4. The van der Waals surface area contributed by atoms with Crippen LogP contribution in [-0.2, 0) is 5.41 Å². The van der Waals surface area contributed by atoms with Gasteiger partial charge in [-0.05, 0) is 158 Å². The number of nitrogens with zero attached hydrogens (tertiary/aromatic N) is 1. The highest BCUT2D eigenvalue weighted by molar-refractivity contribution is 6.23. The van der Waals surface area contributed by atoms with Gasteiger partial charge in [-0.3, -0.25) is 0 Å². The molecule has 0 amide bonds. The Bertz CT molecular complexity index is 2950. The Balaban J connectivity index is 1.19. The first-order chi connectivity index (χ1) is 29.5. The SMILES string of the molecule is CCCCC1(CCCC)c2ccccc2-c2ccc(-c3c4ccccc4c(-c4ccc(N(c5ccc(C)cc5)c5ccc(C)cc5)cc4)c4cc5ccccc5cc34)cc21. The summed E-state index contributed by atoms with van der Waals surface area (Å²) in [4.78, 5) is 2.36. The third kappa shape index (κ3) is 6.40. The molecule has 0 unspecified atom stereocenters. The van der Waals surface area contributed by atoms with Gasteiger partial charge in [0.2, 0.25) is 0 Å². The third-order valence-corrected chi connectivity index (χ3v) is 13.4. The lowest BCUT2D eigenvalue weighted by Gasteiger charge is -2.33. The van der Waals surface area contributed by atoms with Gasteiger partial charge in [-0.2, -0.15) is 0 Å². The summed E-state index contributed by atoms with van der Waals surface area (Å²) in [6.45, 7) is 8.98. The van der Waals surface area contributed by atoms with Gasteiger partial charge in [0.15, 0.2) is 0 Å². The quantitative estimate of drug-likeness (QED) is 0.118. The number of hydrogen-bond donors (Lipinski definition) is 0. The molecule has 1 heteroatoms. The lowest BCUT2D eigenvalue weighted by molar-refractivity contribution is 0.414. The van der Waals surface area contributed by atoms with Crippen molar-refractivity contribution in [3.63, 3.8) is 0 Å². The Hall–Kier alpha value is -6.44. The van der Waals surface area contributed by atoms with Crippen molar-refractivity contribution in [3.8, 4) is 33.4 Å². The molecule has 9 aromatic carbocycles. The van der Waals surface area contributed by atoms with Crippen molar-refractivity contribution >= 4 is 49.4 Å². The maximum absolute atomic E-state index is 2.61. The van der Waals surface area contributed by atoms with Gasteiger partial charge in [0, 0.05) is 22.5 Å². The largest absolute Gasteiger partial charge is 0.311 e. The molecule has 0 atom stereocenters. The fourth-order valence-electron chi connectivity index (χ4n) is 10.3. The van der Waals surface area contributed by atoms with Crippen LogP contribution in [0.2, 0.25) is 0 Å². The van der Waals surface area contributed by atoms with E-state index in [-0.39, 0.29) is 5.41 Å². The van der Waals surface area contributed by atoms with E-state index in [1.807, 2.05) is 0 Å². The first-order valence-corrected chi connectivity index (χ1v) is 22.1. The van der Waals surface area contributed by atoms with E-state index in [9.17, 15) is 0 Å². The lowest BCUT2D eigenvalue weighted by Crippen LogP contribution is -2.25. The van der Waals surface area contributed by atoms with E-state index in [1.54, 1.807) is 0 Å². The summed E-state index contributed by atoms with van der Waals surface area (Å²) >= 11 is 0. The molecule has 0 aromatic heterocycles. The highest BCUT2D eigenvalue weighted by atomic mass is 15.1. The van der Waals surface area contributed by atoms with E-state index in [0.29, 0.717) is 0 Å². The lowest BCUT2D eigenvalue weighted by atomic mass is 9.70. The maximum Gasteiger partial charge on any atom is 0.0462 e. The standard InChI is InChI=1S/C59H53N/c1-5-7-35-59(36-8-6-2)55-20-14-13-17-49(55)50-34-27-45(39-56(50)59)58-52-19-12-11-18-51(52)57(53-37-43-15-9-10-16-44(43)38-54(53)58)42-25-32-48(33-26-42)60(46-28-21-40(3)22-29-46)47-30-23-41(4)24-31-47/h9-34,37-39H,5-8,35-36H2,1-4H3. The topological polar surface area (TPSA) is 3.24 Å². The van der Waals surface area contributed by atoms with Crippen molar-refractivity contribution < 1.29 is 0 Å². The van der Waals surface area contributed by atoms with Crippen molar-refractivity contribution in [3.05, 3.63) is 198 Å². The Kier molecular flexibility index (Phi) is 9.85. The highest BCUT2D eigenvalue weighted by Gasteiger charge is 2.42. The van der Waals surface area contributed by atoms with Crippen LogP contribution in [0.15, 0.2) is 176 Å². The summed E-state index contributed by atoms with van der Waals surface area (Å²) < 4.78 is 0. The molecule has 0 bridgehead atoms. The molecule has 1 aliphatic carbocycles. The molecule has 60 heavy (non-hydrogen) atoms. The van der Waals surface area contributed by atoms with Gasteiger partial charge in [0.25, 0.3) is 0 Å². The summed E-state index contributed by atoms with van der Waals surface area (Å²) in [5, 5.41) is 7.69. The summed E-state index contributed by atoms with van der Waals surface area (Å²) in [6.07, 6.45) is 7.21. The van der Waals surface area contributed by atoms with Crippen molar-refractivity contribution in [1.29, 1.82) is 0 Å².